The Morgan fingerprint density at radius 1 is 1.17 bits per heavy atom. The van der Waals surface area contributed by atoms with Gasteiger partial charge in [-0.05, 0) is 56.8 Å². The van der Waals surface area contributed by atoms with Crippen molar-refractivity contribution < 1.29 is 4.79 Å². The number of rotatable bonds is 4. The van der Waals surface area contributed by atoms with Crippen molar-refractivity contribution in [2.24, 2.45) is 17.6 Å². The average Bonchev–Trinajstić information content (AvgIpc) is 2.74. The van der Waals surface area contributed by atoms with Crippen LogP contribution < -0.4 is 11.1 Å². The molecule has 2 saturated carbocycles. The predicted octanol–water partition coefficient (Wildman–Crippen LogP) is 2.59. The second-order valence-electron chi connectivity index (χ2n) is 6.40. The molecule has 0 spiro atoms. The molecule has 0 radical (unpaired) electrons. The number of carbonyl (C=O) groups excluding carboxylic acids is 1. The number of nitrogens with one attached hydrogen (secondary N) is 1. The molecule has 1 amide bonds. The molecule has 0 aromatic heterocycles. The minimum atomic E-state index is 0.267. The van der Waals surface area contributed by atoms with Gasteiger partial charge in [-0.15, -0.1) is 0 Å². The molecule has 2 aliphatic carbocycles. The summed E-state index contributed by atoms with van der Waals surface area (Å²) in [7, 11) is 0. The topological polar surface area (TPSA) is 55.1 Å². The molecule has 0 aromatic carbocycles. The molecule has 0 bridgehead atoms. The largest absolute Gasteiger partial charge is 0.353 e. The van der Waals surface area contributed by atoms with Crippen LogP contribution in [0.3, 0.4) is 0 Å². The van der Waals surface area contributed by atoms with Crippen LogP contribution in [0.15, 0.2) is 0 Å². The number of amides is 1. The Morgan fingerprint density at radius 2 is 1.89 bits per heavy atom. The van der Waals surface area contributed by atoms with Crippen molar-refractivity contribution in [1.82, 2.24) is 5.32 Å². The Morgan fingerprint density at radius 3 is 2.50 bits per heavy atom. The minimum Gasteiger partial charge on any atom is -0.353 e. The number of hydrogen-bond acceptors (Lipinski definition) is 2. The number of nitrogens with two attached hydrogens (primary N) is 1. The molecule has 2 rings (SSSR count). The number of carbonyl (C=O) groups is 1. The highest BCUT2D eigenvalue weighted by Crippen LogP contribution is 2.27. The lowest BCUT2D eigenvalue weighted by molar-refractivity contribution is -0.122. The molecule has 0 aromatic rings. The van der Waals surface area contributed by atoms with Crippen LogP contribution in [0, 0.1) is 11.8 Å². The fourth-order valence-electron chi connectivity index (χ4n) is 3.45. The summed E-state index contributed by atoms with van der Waals surface area (Å²) < 4.78 is 0. The van der Waals surface area contributed by atoms with E-state index in [1.807, 2.05) is 0 Å². The number of hydrogen-bond donors (Lipinski definition) is 2. The first-order chi connectivity index (χ1) is 8.65. The van der Waals surface area contributed by atoms with Crippen molar-refractivity contribution in [3.8, 4) is 0 Å². The maximum Gasteiger partial charge on any atom is 0.220 e. The first-order valence-electron chi connectivity index (χ1n) is 7.70. The summed E-state index contributed by atoms with van der Waals surface area (Å²) in [5.41, 5.74) is 5.90. The molecule has 2 atom stereocenters. The van der Waals surface area contributed by atoms with Gasteiger partial charge in [0.1, 0.15) is 0 Å². The van der Waals surface area contributed by atoms with E-state index in [0.29, 0.717) is 24.4 Å². The Hall–Kier alpha value is -0.570. The maximum atomic E-state index is 11.9. The van der Waals surface area contributed by atoms with E-state index in [2.05, 4.69) is 12.2 Å². The summed E-state index contributed by atoms with van der Waals surface area (Å²) in [4.78, 5) is 11.9. The molecule has 3 heteroatoms. The summed E-state index contributed by atoms with van der Waals surface area (Å²) in [6.07, 6.45) is 10.2. The van der Waals surface area contributed by atoms with Crippen molar-refractivity contribution in [3.05, 3.63) is 0 Å². The SMILES string of the molecule is CC1CCCC1NC(=O)CCC1CCC(N)CC1. The van der Waals surface area contributed by atoms with Gasteiger partial charge in [0, 0.05) is 18.5 Å². The van der Waals surface area contributed by atoms with E-state index >= 15 is 0 Å². The molecule has 104 valence electrons. The highest BCUT2D eigenvalue weighted by Gasteiger charge is 2.25. The molecule has 18 heavy (non-hydrogen) atoms. The van der Waals surface area contributed by atoms with Crippen LogP contribution in [-0.2, 0) is 4.79 Å². The lowest BCUT2D eigenvalue weighted by Crippen LogP contribution is -2.36. The third kappa shape index (κ3) is 3.98. The Bertz CT molecular complexity index is 272. The first-order valence-corrected chi connectivity index (χ1v) is 7.70. The van der Waals surface area contributed by atoms with Crippen LogP contribution in [0.25, 0.3) is 0 Å². The zero-order valence-electron chi connectivity index (χ0n) is 11.7. The maximum absolute atomic E-state index is 11.9. The van der Waals surface area contributed by atoms with Gasteiger partial charge in [0.25, 0.3) is 0 Å². The summed E-state index contributed by atoms with van der Waals surface area (Å²) in [6.45, 7) is 2.25. The fourth-order valence-corrected chi connectivity index (χ4v) is 3.45. The van der Waals surface area contributed by atoms with E-state index in [0.717, 1.165) is 25.2 Å². The van der Waals surface area contributed by atoms with E-state index in [1.165, 1.54) is 32.1 Å². The van der Waals surface area contributed by atoms with Crippen molar-refractivity contribution >= 4 is 5.91 Å². The highest BCUT2D eigenvalue weighted by atomic mass is 16.1. The second kappa shape index (κ2) is 6.55. The molecule has 0 aliphatic heterocycles. The molecular weight excluding hydrogens is 224 g/mol. The summed E-state index contributed by atoms with van der Waals surface area (Å²) in [6, 6.07) is 0.853. The smallest absolute Gasteiger partial charge is 0.220 e. The Labute approximate surface area is 111 Å². The zero-order valence-corrected chi connectivity index (χ0v) is 11.7. The van der Waals surface area contributed by atoms with E-state index < -0.39 is 0 Å². The van der Waals surface area contributed by atoms with Crippen LogP contribution in [-0.4, -0.2) is 18.0 Å². The van der Waals surface area contributed by atoms with Crippen molar-refractivity contribution in [2.75, 3.05) is 0 Å². The molecule has 3 nitrogen and oxygen atoms in total. The molecule has 3 N–H and O–H groups in total. The molecule has 2 aliphatic rings. The predicted molar refractivity (Wildman–Crippen MR) is 74.1 cm³/mol. The fraction of sp³-hybridized carbons (Fsp3) is 0.933. The Kier molecular flexibility index (Phi) is 5.04. The molecule has 0 saturated heterocycles. The molecule has 2 fully saturated rings. The van der Waals surface area contributed by atoms with Gasteiger partial charge >= 0.3 is 0 Å². The summed E-state index contributed by atoms with van der Waals surface area (Å²) in [5, 5.41) is 3.21. The second-order valence-corrected chi connectivity index (χ2v) is 6.40. The summed E-state index contributed by atoms with van der Waals surface area (Å²) in [5.74, 6) is 1.67. The lowest BCUT2D eigenvalue weighted by atomic mass is 9.84. The molecule has 2 unspecified atom stereocenters. The van der Waals surface area contributed by atoms with Crippen molar-refractivity contribution in [2.45, 2.75) is 76.8 Å². The molecule has 0 heterocycles. The highest BCUT2D eigenvalue weighted by molar-refractivity contribution is 5.76. The van der Waals surface area contributed by atoms with Crippen LogP contribution in [0.2, 0.25) is 0 Å². The standard InChI is InChI=1S/C15H28N2O/c1-11-3-2-4-14(11)17-15(18)10-7-12-5-8-13(16)9-6-12/h11-14H,2-10,16H2,1H3,(H,17,18). The van der Waals surface area contributed by atoms with Gasteiger partial charge in [0.05, 0.1) is 0 Å². The van der Waals surface area contributed by atoms with E-state index in [-0.39, 0.29) is 5.91 Å². The quantitative estimate of drug-likeness (QED) is 0.808. The zero-order chi connectivity index (χ0) is 13.0. The Balaban J connectivity index is 1.62. The van der Waals surface area contributed by atoms with Crippen LogP contribution in [0.4, 0.5) is 0 Å². The van der Waals surface area contributed by atoms with Gasteiger partial charge in [0.15, 0.2) is 0 Å². The van der Waals surface area contributed by atoms with Gasteiger partial charge in [-0.1, -0.05) is 13.3 Å². The first kappa shape index (κ1) is 13.9. The minimum absolute atomic E-state index is 0.267. The van der Waals surface area contributed by atoms with E-state index in [4.69, 9.17) is 5.73 Å². The van der Waals surface area contributed by atoms with Crippen molar-refractivity contribution in [1.29, 1.82) is 0 Å². The van der Waals surface area contributed by atoms with E-state index in [1.54, 1.807) is 0 Å². The van der Waals surface area contributed by atoms with E-state index in [9.17, 15) is 4.79 Å². The van der Waals surface area contributed by atoms with Gasteiger partial charge in [-0.25, -0.2) is 0 Å². The third-order valence-corrected chi connectivity index (χ3v) is 4.88. The normalized spacial score (nSPS) is 36.6. The van der Waals surface area contributed by atoms with Crippen molar-refractivity contribution in [3.63, 3.8) is 0 Å². The van der Waals surface area contributed by atoms with Gasteiger partial charge in [-0.2, -0.15) is 0 Å². The van der Waals surface area contributed by atoms with Gasteiger partial charge in [-0.3, -0.25) is 4.79 Å². The van der Waals surface area contributed by atoms with Crippen LogP contribution in [0.1, 0.15) is 64.7 Å². The lowest BCUT2D eigenvalue weighted by Gasteiger charge is -2.26. The van der Waals surface area contributed by atoms with Crippen LogP contribution in [0.5, 0.6) is 0 Å². The summed E-state index contributed by atoms with van der Waals surface area (Å²) >= 11 is 0. The third-order valence-electron chi connectivity index (χ3n) is 4.88. The average molecular weight is 252 g/mol. The van der Waals surface area contributed by atoms with Gasteiger partial charge in [0.2, 0.25) is 5.91 Å². The van der Waals surface area contributed by atoms with Crippen LogP contribution >= 0.6 is 0 Å². The monoisotopic (exact) mass is 252 g/mol. The van der Waals surface area contributed by atoms with Gasteiger partial charge < -0.3 is 11.1 Å². The molecular formula is C15H28N2O.